The zero-order valence-electron chi connectivity index (χ0n) is 21.8. The molecule has 38 heavy (non-hydrogen) atoms. The maximum Gasteiger partial charge on any atom is 0.414 e. The number of halogens is 1. The predicted octanol–water partition coefficient (Wildman–Crippen LogP) is 6.67. The number of carbonyl (C=O) groups is 1. The third kappa shape index (κ3) is 4.24. The molecular formula is C29H31FN4O4. The van der Waals surface area contributed by atoms with Crippen molar-refractivity contribution in [3.8, 4) is 11.1 Å². The van der Waals surface area contributed by atoms with Gasteiger partial charge in [-0.3, -0.25) is 4.90 Å². The van der Waals surface area contributed by atoms with E-state index in [0.29, 0.717) is 18.7 Å². The summed E-state index contributed by atoms with van der Waals surface area (Å²) in [5.41, 5.74) is 5.25. The van der Waals surface area contributed by atoms with Crippen LogP contribution in [0.4, 0.5) is 14.9 Å². The number of fused-ring (bicyclic) bond motifs is 1. The number of nitrogens with zero attached hydrogens (tertiary/aromatic N) is 4. The maximum atomic E-state index is 13.7. The monoisotopic (exact) mass is 518 g/mol. The summed E-state index contributed by atoms with van der Waals surface area (Å²) in [5.74, 6) is 1.22. The normalized spacial score (nSPS) is 22.2. The standard InChI is InChI=1S/C29H31FN4O4/c1-17-27(18(2)38-32-17)19-4-13-25-24(16-19)31-28(33(25)21-9-11-23(36-3)12-10-21)26-14-15-37-29(35)34(26)22-7-5-20(30)6-8-22/h4-8,13,16,21,23,26H,9-12,14-15H2,1-3H3/t21-,23-,26-/m0/s1. The van der Waals surface area contributed by atoms with Crippen LogP contribution in [0.5, 0.6) is 0 Å². The number of methoxy groups -OCH3 is 1. The fourth-order valence-corrected chi connectivity index (χ4v) is 6.04. The van der Waals surface area contributed by atoms with Crippen LogP contribution in [0.2, 0.25) is 0 Å². The van der Waals surface area contributed by atoms with Gasteiger partial charge in [-0.2, -0.15) is 0 Å². The molecule has 6 rings (SSSR count). The first-order chi connectivity index (χ1) is 18.4. The molecule has 2 aromatic carbocycles. The summed E-state index contributed by atoms with van der Waals surface area (Å²) in [4.78, 5) is 19.8. The summed E-state index contributed by atoms with van der Waals surface area (Å²) < 4.78 is 32.5. The minimum absolute atomic E-state index is 0.222. The van der Waals surface area contributed by atoms with Crippen molar-refractivity contribution in [1.82, 2.24) is 14.7 Å². The second-order valence-corrected chi connectivity index (χ2v) is 10.2. The van der Waals surface area contributed by atoms with Crippen molar-refractivity contribution in [2.45, 2.75) is 64.1 Å². The summed E-state index contributed by atoms with van der Waals surface area (Å²) >= 11 is 0. The van der Waals surface area contributed by atoms with Crippen LogP contribution in [0, 0.1) is 19.7 Å². The molecule has 198 valence electrons. The summed E-state index contributed by atoms with van der Waals surface area (Å²) in [7, 11) is 1.77. The van der Waals surface area contributed by atoms with E-state index in [0.717, 1.165) is 65.1 Å². The van der Waals surface area contributed by atoms with E-state index >= 15 is 0 Å². The summed E-state index contributed by atoms with van der Waals surface area (Å²) in [6.07, 6.45) is 4.22. The number of benzene rings is 2. The van der Waals surface area contributed by atoms with Crippen LogP contribution in [-0.4, -0.2) is 40.6 Å². The van der Waals surface area contributed by atoms with E-state index in [1.165, 1.54) is 12.1 Å². The molecule has 3 heterocycles. The van der Waals surface area contributed by atoms with Gasteiger partial charge in [0.25, 0.3) is 0 Å². The summed E-state index contributed by atoms with van der Waals surface area (Å²) in [6.45, 7) is 4.14. The Labute approximate surface area is 220 Å². The fraction of sp³-hybridized carbons (Fsp3) is 0.414. The van der Waals surface area contributed by atoms with Gasteiger partial charge in [0.05, 0.1) is 29.4 Å². The van der Waals surface area contributed by atoms with Crippen molar-refractivity contribution in [2.75, 3.05) is 18.6 Å². The topological polar surface area (TPSA) is 82.6 Å². The number of amides is 1. The van der Waals surface area contributed by atoms with Crippen LogP contribution in [0.1, 0.15) is 61.5 Å². The van der Waals surface area contributed by atoms with Gasteiger partial charge in [0.1, 0.15) is 23.4 Å². The molecule has 0 spiro atoms. The van der Waals surface area contributed by atoms with Gasteiger partial charge in [-0.1, -0.05) is 11.2 Å². The molecule has 0 radical (unpaired) electrons. The fourth-order valence-electron chi connectivity index (χ4n) is 6.04. The average molecular weight is 519 g/mol. The molecule has 0 unspecified atom stereocenters. The van der Waals surface area contributed by atoms with Gasteiger partial charge in [-0.05, 0) is 81.5 Å². The zero-order valence-corrected chi connectivity index (χ0v) is 21.8. The van der Waals surface area contributed by atoms with Crippen LogP contribution < -0.4 is 4.90 Å². The predicted molar refractivity (Wildman–Crippen MR) is 141 cm³/mol. The van der Waals surface area contributed by atoms with Crippen LogP contribution in [-0.2, 0) is 9.47 Å². The highest BCUT2D eigenvalue weighted by Crippen LogP contribution is 2.41. The molecule has 0 N–H and O–H groups in total. The number of imidazole rings is 1. The number of anilines is 1. The van der Waals surface area contributed by atoms with Gasteiger partial charge in [0.15, 0.2) is 0 Å². The number of hydrogen-bond donors (Lipinski definition) is 0. The minimum Gasteiger partial charge on any atom is -0.449 e. The van der Waals surface area contributed by atoms with E-state index < -0.39 is 6.09 Å². The van der Waals surface area contributed by atoms with E-state index in [4.69, 9.17) is 19.0 Å². The first-order valence-corrected chi connectivity index (χ1v) is 13.1. The molecule has 8 nitrogen and oxygen atoms in total. The molecule has 9 heteroatoms. The Bertz CT molecular complexity index is 1450. The van der Waals surface area contributed by atoms with Crippen molar-refractivity contribution in [2.24, 2.45) is 0 Å². The lowest BCUT2D eigenvalue weighted by Crippen LogP contribution is -2.42. The molecule has 0 bridgehead atoms. The SMILES string of the molecule is CO[C@H]1CC[C@H](n2c([C@@H]3CCOC(=O)N3c3ccc(F)cc3)nc3cc(-c4c(C)noc4C)ccc32)CC1. The quantitative estimate of drug-likeness (QED) is 0.294. The van der Waals surface area contributed by atoms with Gasteiger partial charge in [-0.15, -0.1) is 0 Å². The molecule has 2 fully saturated rings. The first-order valence-electron chi connectivity index (χ1n) is 13.1. The van der Waals surface area contributed by atoms with E-state index in [1.54, 1.807) is 24.1 Å². The Balaban J connectivity index is 1.49. The van der Waals surface area contributed by atoms with Crippen molar-refractivity contribution in [3.05, 3.63) is 65.6 Å². The Kier molecular flexibility index (Phi) is 6.39. The lowest BCUT2D eigenvalue weighted by atomic mass is 9.92. The first kappa shape index (κ1) is 24.6. The third-order valence-electron chi connectivity index (χ3n) is 7.91. The smallest absolute Gasteiger partial charge is 0.414 e. The van der Waals surface area contributed by atoms with Crippen LogP contribution >= 0.6 is 0 Å². The van der Waals surface area contributed by atoms with E-state index in [2.05, 4.69) is 27.9 Å². The highest BCUT2D eigenvalue weighted by Gasteiger charge is 2.37. The molecule has 2 aromatic heterocycles. The largest absolute Gasteiger partial charge is 0.449 e. The lowest BCUT2D eigenvalue weighted by Gasteiger charge is -2.37. The van der Waals surface area contributed by atoms with Crippen LogP contribution in [0.3, 0.4) is 0 Å². The maximum absolute atomic E-state index is 13.7. The number of ether oxygens (including phenoxy) is 2. The Hall–Kier alpha value is -3.72. The second kappa shape index (κ2) is 9.87. The molecule has 1 amide bonds. The number of aromatic nitrogens is 3. The van der Waals surface area contributed by atoms with E-state index in [1.807, 2.05) is 13.8 Å². The van der Waals surface area contributed by atoms with Gasteiger partial charge < -0.3 is 18.6 Å². The third-order valence-corrected chi connectivity index (χ3v) is 7.91. The number of rotatable bonds is 5. The van der Waals surface area contributed by atoms with Crippen molar-refractivity contribution >= 4 is 22.8 Å². The summed E-state index contributed by atoms with van der Waals surface area (Å²) in [5, 5.41) is 4.12. The number of hydrogen-bond acceptors (Lipinski definition) is 6. The number of carbonyl (C=O) groups excluding carboxylic acids is 1. The van der Waals surface area contributed by atoms with Crippen LogP contribution in [0.15, 0.2) is 47.0 Å². The van der Waals surface area contributed by atoms with Gasteiger partial charge in [0.2, 0.25) is 0 Å². The zero-order chi connectivity index (χ0) is 26.4. The van der Waals surface area contributed by atoms with E-state index in [9.17, 15) is 9.18 Å². The second-order valence-electron chi connectivity index (χ2n) is 10.2. The van der Waals surface area contributed by atoms with Crippen molar-refractivity contribution < 1.29 is 23.2 Å². The van der Waals surface area contributed by atoms with Gasteiger partial charge in [0, 0.05) is 30.8 Å². The molecule has 1 atom stereocenters. The average Bonchev–Trinajstić information content (AvgIpc) is 3.48. The highest BCUT2D eigenvalue weighted by atomic mass is 19.1. The van der Waals surface area contributed by atoms with Gasteiger partial charge >= 0.3 is 6.09 Å². The molecule has 1 saturated heterocycles. The molecule has 2 aliphatic rings. The molecule has 1 aliphatic carbocycles. The number of cyclic esters (lactones) is 1. The highest BCUT2D eigenvalue weighted by molar-refractivity contribution is 5.90. The van der Waals surface area contributed by atoms with E-state index in [-0.39, 0.29) is 24.0 Å². The van der Waals surface area contributed by atoms with Gasteiger partial charge in [-0.25, -0.2) is 14.2 Å². The molecule has 1 saturated carbocycles. The lowest BCUT2D eigenvalue weighted by molar-refractivity contribution is 0.0582. The molecular weight excluding hydrogens is 487 g/mol. The minimum atomic E-state index is -0.453. The van der Waals surface area contributed by atoms with Crippen molar-refractivity contribution in [1.29, 1.82) is 0 Å². The molecule has 1 aliphatic heterocycles. The Morgan fingerprint density at radius 1 is 1.03 bits per heavy atom. The summed E-state index contributed by atoms with van der Waals surface area (Å²) in [6, 6.07) is 12.1. The van der Waals surface area contributed by atoms with Crippen molar-refractivity contribution in [3.63, 3.8) is 0 Å². The Morgan fingerprint density at radius 2 is 1.79 bits per heavy atom. The molecule has 4 aromatic rings. The number of aryl methyl sites for hydroxylation is 2. The Morgan fingerprint density at radius 3 is 2.47 bits per heavy atom. The van der Waals surface area contributed by atoms with Crippen LogP contribution in [0.25, 0.3) is 22.2 Å².